The van der Waals surface area contributed by atoms with Crippen molar-refractivity contribution < 1.29 is 24.0 Å². The second kappa shape index (κ2) is 8.33. The largest absolute Gasteiger partial charge is 0.502 e. The van der Waals surface area contributed by atoms with Crippen molar-refractivity contribution in [1.82, 2.24) is 5.43 Å². The SMILES string of the molecule is O=C(CC(=O)Nc1ccc(F)cc1)NN=Cc1ccc(O)c([N+](=O)[O-])c1. The number of carbonyl (C=O) groups is 2. The van der Waals surface area contributed by atoms with Gasteiger partial charge < -0.3 is 10.4 Å². The van der Waals surface area contributed by atoms with E-state index >= 15 is 0 Å². The maximum Gasteiger partial charge on any atom is 0.311 e. The quantitative estimate of drug-likeness (QED) is 0.313. The van der Waals surface area contributed by atoms with Crippen LogP contribution in [0.15, 0.2) is 47.6 Å². The van der Waals surface area contributed by atoms with Gasteiger partial charge in [0.15, 0.2) is 5.75 Å². The van der Waals surface area contributed by atoms with Gasteiger partial charge in [-0.05, 0) is 36.4 Å². The molecule has 0 saturated heterocycles. The number of nitrogens with zero attached hydrogens (tertiary/aromatic N) is 2. The molecule has 2 rings (SSSR count). The highest BCUT2D eigenvalue weighted by Gasteiger charge is 2.13. The molecule has 0 bridgehead atoms. The Bertz CT molecular complexity index is 867. The molecule has 2 aromatic carbocycles. The van der Waals surface area contributed by atoms with Gasteiger partial charge in [-0.25, -0.2) is 9.82 Å². The van der Waals surface area contributed by atoms with Gasteiger partial charge in [0.25, 0.3) is 0 Å². The van der Waals surface area contributed by atoms with E-state index in [9.17, 15) is 29.2 Å². The first-order valence-corrected chi connectivity index (χ1v) is 7.20. The molecule has 0 radical (unpaired) electrons. The molecule has 0 saturated carbocycles. The predicted molar refractivity (Wildman–Crippen MR) is 90.1 cm³/mol. The molecule has 0 aliphatic carbocycles. The van der Waals surface area contributed by atoms with Crippen molar-refractivity contribution in [3.8, 4) is 5.75 Å². The number of rotatable bonds is 6. The number of nitro groups is 1. The van der Waals surface area contributed by atoms with Crippen LogP contribution >= 0.6 is 0 Å². The lowest BCUT2D eigenvalue weighted by Crippen LogP contribution is -2.24. The van der Waals surface area contributed by atoms with E-state index in [4.69, 9.17) is 0 Å². The zero-order chi connectivity index (χ0) is 19.1. The summed E-state index contributed by atoms with van der Waals surface area (Å²) in [4.78, 5) is 33.3. The van der Waals surface area contributed by atoms with E-state index in [0.29, 0.717) is 5.69 Å². The molecule has 0 heterocycles. The lowest BCUT2D eigenvalue weighted by Gasteiger charge is -2.04. The third-order valence-corrected chi connectivity index (χ3v) is 3.05. The molecular weight excluding hydrogens is 347 g/mol. The number of phenolic OH excluding ortho intramolecular Hbond substituents is 1. The topological polar surface area (TPSA) is 134 Å². The molecule has 26 heavy (non-hydrogen) atoms. The summed E-state index contributed by atoms with van der Waals surface area (Å²) in [5, 5.41) is 26.0. The number of nitro benzene ring substituents is 1. The number of hydrogen-bond acceptors (Lipinski definition) is 6. The highest BCUT2D eigenvalue weighted by molar-refractivity contribution is 6.03. The lowest BCUT2D eigenvalue weighted by molar-refractivity contribution is -0.385. The molecule has 10 heteroatoms. The number of hydrogen-bond donors (Lipinski definition) is 3. The molecule has 9 nitrogen and oxygen atoms in total. The van der Waals surface area contributed by atoms with Gasteiger partial charge in [0.2, 0.25) is 11.8 Å². The Kier molecular flexibility index (Phi) is 5.93. The molecular formula is C16H13FN4O5. The van der Waals surface area contributed by atoms with Gasteiger partial charge in [0, 0.05) is 17.3 Å². The predicted octanol–water partition coefficient (Wildman–Crippen LogP) is 1.92. The van der Waals surface area contributed by atoms with Crippen LogP contribution in [-0.4, -0.2) is 28.1 Å². The van der Waals surface area contributed by atoms with Crippen molar-refractivity contribution in [3.63, 3.8) is 0 Å². The number of anilines is 1. The molecule has 0 spiro atoms. The number of aromatic hydroxyl groups is 1. The van der Waals surface area contributed by atoms with Gasteiger partial charge in [-0.2, -0.15) is 5.10 Å². The molecule has 0 aromatic heterocycles. The van der Waals surface area contributed by atoms with Crippen LogP contribution in [0.25, 0.3) is 0 Å². The Labute approximate surface area is 146 Å². The van der Waals surface area contributed by atoms with Crippen molar-refractivity contribution in [2.24, 2.45) is 5.10 Å². The van der Waals surface area contributed by atoms with Gasteiger partial charge in [-0.1, -0.05) is 0 Å². The fourth-order valence-corrected chi connectivity index (χ4v) is 1.87. The molecule has 0 aliphatic heterocycles. The number of benzene rings is 2. The van der Waals surface area contributed by atoms with Gasteiger partial charge in [0.05, 0.1) is 11.1 Å². The first kappa shape index (κ1) is 18.5. The number of amides is 2. The van der Waals surface area contributed by atoms with Crippen molar-refractivity contribution in [3.05, 3.63) is 64.0 Å². The van der Waals surface area contributed by atoms with E-state index < -0.39 is 40.4 Å². The van der Waals surface area contributed by atoms with E-state index in [2.05, 4.69) is 15.8 Å². The van der Waals surface area contributed by atoms with Crippen LogP contribution in [0.5, 0.6) is 5.75 Å². The Morgan fingerprint density at radius 1 is 1.19 bits per heavy atom. The average Bonchev–Trinajstić information content (AvgIpc) is 2.58. The second-order valence-corrected chi connectivity index (χ2v) is 5.03. The number of phenols is 1. The third kappa shape index (κ3) is 5.37. The number of hydrazone groups is 1. The van der Waals surface area contributed by atoms with E-state index in [0.717, 1.165) is 30.5 Å². The highest BCUT2D eigenvalue weighted by atomic mass is 19.1. The van der Waals surface area contributed by atoms with Gasteiger partial charge in [0.1, 0.15) is 12.2 Å². The van der Waals surface area contributed by atoms with E-state index in [1.54, 1.807) is 0 Å². The van der Waals surface area contributed by atoms with Crippen molar-refractivity contribution in [1.29, 1.82) is 0 Å². The summed E-state index contributed by atoms with van der Waals surface area (Å²) in [5.74, 6) is -2.28. The number of halogens is 1. The summed E-state index contributed by atoms with van der Waals surface area (Å²) in [7, 11) is 0. The Morgan fingerprint density at radius 3 is 2.54 bits per heavy atom. The molecule has 0 fully saturated rings. The van der Waals surface area contributed by atoms with Gasteiger partial charge in [-0.3, -0.25) is 19.7 Å². The highest BCUT2D eigenvalue weighted by Crippen LogP contribution is 2.25. The van der Waals surface area contributed by atoms with Crippen LogP contribution in [0.1, 0.15) is 12.0 Å². The van der Waals surface area contributed by atoms with Gasteiger partial charge in [-0.15, -0.1) is 0 Å². The second-order valence-electron chi connectivity index (χ2n) is 5.03. The van der Waals surface area contributed by atoms with E-state index in [1.165, 1.54) is 18.2 Å². The average molecular weight is 360 g/mol. The van der Waals surface area contributed by atoms with Crippen LogP contribution in [0, 0.1) is 15.9 Å². The minimum atomic E-state index is -0.759. The zero-order valence-corrected chi connectivity index (χ0v) is 13.2. The van der Waals surface area contributed by atoms with Crippen LogP contribution in [0.3, 0.4) is 0 Å². The normalized spacial score (nSPS) is 10.5. The number of nitrogens with one attached hydrogen (secondary N) is 2. The third-order valence-electron chi connectivity index (χ3n) is 3.05. The fourth-order valence-electron chi connectivity index (χ4n) is 1.87. The summed E-state index contributed by atoms with van der Waals surface area (Å²) in [6.45, 7) is 0. The van der Waals surface area contributed by atoms with E-state index in [-0.39, 0.29) is 5.56 Å². The van der Waals surface area contributed by atoms with Crippen molar-refractivity contribution >= 4 is 29.4 Å². The van der Waals surface area contributed by atoms with E-state index in [1.807, 2.05) is 0 Å². The van der Waals surface area contributed by atoms with Crippen LogP contribution in [0.4, 0.5) is 15.8 Å². The summed E-state index contributed by atoms with van der Waals surface area (Å²) in [5.41, 5.74) is 2.20. The summed E-state index contributed by atoms with van der Waals surface area (Å²) < 4.78 is 12.8. The maximum absolute atomic E-state index is 12.8. The van der Waals surface area contributed by atoms with Crippen molar-refractivity contribution in [2.45, 2.75) is 6.42 Å². The van der Waals surface area contributed by atoms with Crippen LogP contribution in [-0.2, 0) is 9.59 Å². The Balaban J connectivity index is 1.87. The van der Waals surface area contributed by atoms with Crippen molar-refractivity contribution in [2.75, 3.05) is 5.32 Å². The smallest absolute Gasteiger partial charge is 0.311 e. The standard InChI is InChI=1S/C16H13FN4O5/c17-11-2-4-12(5-3-11)19-15(23)8-16(24)20-18-9-10-1-6-14(22)13(7-10)21(25)26/h1-7,9,22H,8H2,(H,19,23)(H,20,24). The molecule has 0 atom stereocenters. The van der Waals surface area contributed by atoms with Crippen LogP contribution < -0.4 is 10.7 Å². The molecule has 0 unspecified atom stereocenters. The fraction of sp³-hybridized carbons (Fsp3) is 0.0625. The first-order chi connectivity index (χ1) is 12.3. The first-order valence-electron chi connectivity index (χ1n) is 7.20. The Hall–Kier alpha value is -3.82. The van der Waals surface area contributed by atoms with Crippen LogP contribution in [0.2, 0.25) is 0 Å². The Morgan fingerprint density at radius 2 is 1.88 bits per heavy atom. The lowest BCUT2D eigenvalue weighted by atomic mass is 10.2. The minimum absolute atomic E-state index is 0.269. The molecule has 134 valence electrons. The number of carbonyl (C=O) groups excluding carboxylic acids is 2. The minimum Gasteiger partial charge on any atom is -0.502 e. The summed E-state index contributed by atoms with van der Waals surface area (Å²) in [6.07, 6.45) is 0.604. The summed E-state index contributed by atoms with van der Waals surface area (Å²) >= 11 is 0. The zero-order valence-electron chi connectivity index (χ0n) is 13.2. The molecule has 2 amide bonds. The monoisotopic (exact) mass is 360 g/mol. The molecule has 3 N–H and O–H groups in total. The maximum atomic E-state index is 12.8. The summed E-state index contributed by atoms with van der Waals surface area (Å²) in [6, 6.07) is 8.58. The van der Waals surface area contributed by atoms with Gasteiger partial charge >= 0.3 is 5.69 Å². The molecule has 0 aliphatic rings. The molecule has 2 aromatic rings.